The van der Waals surface area contributed by atoms with Gasteiger partial charge < -0.3 is 9.53 Å². The number of aliphatic hydroxyl groups is 1. The Morgan fingerprint density at radius 3 is 2.12 bits per heavy atom. The summed E-state index contributed by atoms with van der Waals surface area (Å²) in [5, 5.41) is 12.3. The van der Waals surface area contributed by atoms with E-state index in [1.54, 1.807) is 0 Å². The van der Waals surface area contributed by atoms with Gasteiger partial charge in [-0.15, -0.1) is 0 Å². The van der Waals surface area contributed by atoms with Crippen LogP contribution in [-0.2, 0) is 10.8 Å². The molecule has 232 valence electrons. The molecule has 0 amide bonds. The number of fused-ring (bicyclic) bond motifs is 1. The molecule has 2 aliphatic carbocycles. The second-order valence-corrected chi connectivity index (χ2v) is 26.1. The topological polar surface area (TPSA) is 42.4 Å². The highest BCUT2D eigenvalue weighted by Crippen LogP contribution is 2.52. The third kappa shape index (κ3) is 6.40. The Bertz CT molecular complexity index is 1360. The van der Waals surface area contributed by atoms with Gasteiger partial charge >= 0.3 is 0 Å². The molecular formula is C35H53F2NO2Si2. The Kier molecular flexibility index (Phi) is 8.98. The molecule has 2 aliphatic rings. The number of hydrogen-bond acceptors (Lipinski definition) is 3. The summed E-state index contributed by atoms with van der Waals surface area (Å²) < 4.78 is 38.2. The molecule has 2 unspecified atom stereocenters. The molecule has 0 bridgehead atoms. The normalized spacial score (nSPS) is 20.1. The van der Waals surface area contributed by atoms with Crippen molar-refractivity contribution in [2.45, 2.75) is 136 Å². The molecule has 0 radical (unpaired) electrons. The Morgan fingerprint density at radius 1 is 1.05 bits per heavy atom. The molecule has 42 heavy (non-hydrogen) atoms. The second kappa shape index (κ2) is 11.4. The van der Waals surface area contributed by atoms with E-state index in [-0.39, 0.29) is 33.2 Å². The molecule has 1 aromatic heterocycles. The number of hydrogen-bond donors (Lipinski definition) is 1. The van der Waals surface area contributed by atoms with Crippen molar-refractivity contribution < 1.29 is 18.3 Å². The number of nitrogens with zero attached hydrogens (tertiary/aromatic N) is 1. The second-order valence-electron chi connectivity index (χ2n) is 16.3. The Balaban J connectivity index is 2.03. The van der Waals surface area contributed by atoms with E-state index in [1.165, 1.54) is 17.7 Å². The highest BCUT2D eigenvalue weighted by Gasteiger charge is 2.45. The third-order valence-corrected chi connectivity index (χ3v) is 16.1. The number of halogens is 2. The minimum absolute atomic E-state index is 0.00166. The van der Waals surface area contributed by atoms with E-state index >= 15 is 8.78 Å². The standard InChI is InChI=1S/C35H53F2NO2Si2/c1-21(2)31-30(32(39)23-17-24(36)33(25(37)18-23)41(8,9)10)28(22-15-13-14-16-22)29-26(38-31)19-35(6,7)20-27(29)40-42(11,12)34(3,4)5/h15,17-18,21,27,32,39H,13-14,16,19-20H2,1-12H3. The first kappa shape index (κ1) is 33.2. The number of aromatic nitrogens is 1. The van der Waals surface area contributed by atoms with Crippen molar-refractivity contribution >= 4 is 27.2 Å². The molecule has 0 aliphatic heterocycles. The van der Waals surface area contributed by atoms with Crippen molar-refractivity contribution in [1.29, 1.82) is 0 Å². The van der Waals surface area contributed by atoms with Gasteiger partial charge in [-0.05, 0) is 90.4 Å². The third-order valence-electron chi connectivity index (χ3n) is 9.64. The van der Waals surface area contributed by atoms with Gasteiger partial charge in [0.1, 0.15) is 17.7 Å². The van der Waals surface area contributed by atoms with Crippen LogP contribution in [-0.4, -0.2) is 26.5 Å². The van der Waals surface area contributed by atoms with Crippen LogP contribution < -0.4 is 5.19 Å². The quantitative estimate of drug-likeness (QED) is 0.316. The van der Waals surface area contributed by atoms with Gasteiger partial charge in [0.2, 0.25) is 0 Å². The van der Waals surface area contributed by atoms with E-state index in [0.29, 0.717) is 5.56 Å². The van der Waals surface area contributed by atoms with Crippen molar-refractivity contribution in [2.75, 3.05) is 0 Å². The maximum atomic E-state index is 15.5. The average Bonchev–Trinajstić information content (AvgIpc) is 3.34. The van der Waals surface area contributed by atoms with Crippen LogP contribution in [0.1, 0.15) is 126 Å². The van der Waals surface area contributed by atoms with Crippen LogP contribution >= 0.6 is 0 Å². The zero-order valence-electron chi connectivity index (χ0n) is 28.1. The molecule has 4 rings (SSSR count). The number of rotatable bonds is 7. The molecule has 3 nitrogen and oxygen atoms in total. The highest BCUT2D eigenvalue weighted by atomic mass is 28.4. The van der Waals surface area contributed by atoms with E-state index in [9.17, 15) is 5.11 Å². The predicted octanol–water partition coefficient (Wildman–Crippen LogP) is 9.71. The zero-order chi connectivity index (χ0) is 31.6. The number of benzene rings is 1. The monoisotopic (exact) mass is 613 g/mol. The summed E-state index contributed by atoms with van der Waals surface area (Å²) in [7, 11) is -4.44. The fraction of sp³-hybridized carbons (Fsp3) is 0.629. The summed E-state index contributed by atoms with van der Waals surface area (Å²) in [5.74, 6) is -1.12. The summed E-state index contributed by atoms with van der Waals surface area (Å²) >= 11 is 0. The lowest BCUT2D eigenvalue weighted by molar-refractivity contribution is 0.105. The van der Waals surface area contributed by atoms with Crippen molar-refractivity contribution in [1.82, 2.24) is 4.98 Å². The summed E-state index contributed by atoms with van der Waals surface area (Å²) in [5.41, 5.74) is 6.10. The lowest BCUT2D eigenvalue weighted by atomic mass is 9.71. The summed E-state index contributed by atoms with van der Waals surface area (Å²) in [6.45, 7) is 25.9. The molecule has 1 heterocycles. The Labute approximate surface area is 255 Å². The first-order chi connectivity index (χ1) is 19.1. The van der Waals surface area contributed by atoms with Crippen molar-refractivity contribution in [3.05, 3.63) is 63.5 Å². The first-order valence-electron chi connectivity index (χ1n) is 15.8. The Hall–Kier alpha value is -1.68. The van der Waals surface area contributed by atoms with Crippen molar-refractivity contribution in [3.63, 3.8) is 0 Å². The van der Waals surface area contributed by atoms with Gasteiger partial charge in [0.25, 0.3) is 0 Å². The zero-order valence-corrected chi connectivity index (χ0v) is 30.1. The van der Waals surface area contributed by atoms with Crippen molar-refractivity contribution in [3.8, 4) is 0 Å². The van der Waals surface area contributed by atoms with Gasteiger partial charge in [0, 0.05) is 27.7 Å². The molecule has 0 fully saturated rings. The van der Waals surface area contributed by atoms with Gasteiger partial charge in [-0.2, -0.15) is 0 Å². The average molecular weight is 614 g/mol. The number of allylic oxidation sites excluding steroid dienone is 2. The summed E-state index contributed by atoms with van der Waals surface area (Å²) in [6, 6.07) is 2.70. The molecular weight excluding hydrogens is 561 g/mol. The van der Waals surface area contributed by atoms with E-state index in [4.69, 9.17) is 9.41 Å². The lowest BCUT2D eigenvalue weighted by Gasteiger charge is -2.45. The highest BCUT2D eigenvalue weighted by molar-refractivity contribution is 6.88. The largest absolute Gasteiger partial charge is 0.410 e. The molecule has 0 spiro atoms. The summed E-state index contributed by atoms with van der Waals surface area (Å²) in [6.07, 6.45) is 5.53. The van der Waals surface area contributed by atoms with Crippen LogP contribution in [0.3, 0.4) is 0 Å². The fourth-order valence-corrected chi connectivity index (χ4v) is 9.37. The van der Waals surface area contributed by atoms with Gasteiger partial charge in [-0.25, -0.2) is 8.78 Å². The van der Waals surface area contributed by atoms with E-state index in [0.717, 1.165) is 54.6 Å². The minimum atomic E-state index is -2.27. The molecule has 1 N–H and O–H groups in total. The van der Waals surface area contributed by atoms with Gasteiger partial charge in [-0.3, -0.25) is 4.98 Å². The Morgan fingerprint density at radius 2 is 1.64 bits per heavy atom. The van der Waals surface area contributed by atoms with Gasteiger partial charge in [-0.1, -0.05) is 74.2 Å². The van der Waals surface area contributed by atoms with Crippen LogP contribution in [0.5, 0.6) is 0 Å². The molecule has 2 aromatic rings. The molecule has 7 heteroatoms. The first-order valence-corrected chi connectivity index (χ1v) is 22.2. The fourth-order valence-electron chi connectivity index (χ4n) is 6.52. The summed E-state index contributed by atoms with van der Waals surface area (Å²) in [4.78, 5) is 5.30. The maximum absolute atomic E-state index is 15.5. The molecule has 0 saturated heterocycles. The van der Waals surface area contributed by atoms with E-state index < -0.39 is 34.1 Å². The van der Waals surface area contributed by atoms with Crippen LogP contribution in [0, 0.1) is 17.0 Å². The molecule has 2 atom stereocenters. The van der Waals surface area contributed by atoms with E-state index in [2.05, 4.69) is 67.6 Å². The number of aliphatic hydroxyl groups excluding tert-OH is 1. The minimum Gasteiger partial charge on any atom is -0.410 e. The maximum Gasteiger partial charge on any atom is 0.192 e. The van der Waals surface area contributed by atoms with Crippen LogP contribution in [0.25, 0.3) is 5.57 Å². The van der Waals surface area contributed by atoms with E-state index in [1.807, 2.05) is 19.6 Å². The SMILES string of the molecule is CC(C)c1nc2c(c(C3=CCCC3)c1C(O)c1cc(F)c([Si](C)(C)C)c(F)c1)C(O[Si](C)(C)C(C)(C)C)CC(C)(C)C2. The van der Waals surface area contributed by atoms with Crippen LogP contribution in [0.4, 0.5) is 8.78 Å². The van der Waals surface area contributed by atoms with Crippen molar-refractivity contribution in [2.24, 2.45) is 5.41 Å². The van der Waals surface area contributed by atoms with Crippen LogP contribution in [0.15, 0.2) is 18.2 Å². The van der Waals surface area contributed by atoms with Gasteiger partial charge in [0.05, 0.1) is 14.2 Å². The lowest BCUT2D eigenvalue weighted by Crippen LogP contribution is -2.44. The van der Waals surface area contributed by atoms with Crippen LogP contribution in [0.2, 0.25) is 37.8 Å². The smallest absolute Gasteiger partial charge is 0.192 e. The predicted molar refractivity (Wildman–Crippen MR) is 177 cm³/mol. The molecule has 1 aromatic carbocycles. The molecule has 0 saturated carbocycles. The van der Waals surface area contributed by atoms with Gasteiger partial charge in [0.15, 0.2) is 8.32 Å². The number of pyridine rings is 1.